The SMILES string of the molecule is CN(Cc1cc(=O)n2ccccc2n1)C1CC(C)(O)C1. The molecule has 20 heavy (non-hydrogen) atoms. The number of rotatable bonds is 3. The highest BCUT2D eigenvalue weighted by Gasteiger charge is 2.40. The fourth-order valence-electron chi connectivity index (χ4n) is 2.84. The van der Waals surface area contributed by atoms with Crippen molar-refractivity contribution < 1.29 is 5.11 Å². The van der Waals surface area contributed by atoms with E-state index < -0.39 is 5.60 Å². The van der Waals surface area contributed by atoms with Crippen LogP contribution < -0.4 is 5.56 Å². The number of hydrogen-bond acceptors (Lipinski definition) is 4. The highest BCUT2D eigenvalue weighted by molar-refractivity contribution is 5.37. The second-order valence-corrected chi connectivity index (χ2v) is 5.99. The summed E-state index contributed by atoms with van der Waals surface area (Å²) < 4.78 is 1.54. The van der Waals surface area contributed by atoms with E-state index in [0.717, 1.165) is 18.5 Å². The lowest BCUT2D eigenvalue weighted by atomic mass is 9.76. The Balaban J connectivity index is 1.80. The van der Waals surface area contributed by atoms with Gasteiger partial charge in [0, 0.05) is 24.8 Å². The van der Waals surface area contributed by atoms with Crippen LogP contribution in [0.25, 0.3) is 5.65 Å². The number of aliphatic hydroxyl groups is 1. The number of nitrogens with zero attached hydrogens (tertiary/aromatic N) is 3. The zero-order valence-electron chi connectivity index (χ0n) is 11.8. The molecule has 1 aliphatic rings. The van der Waals surface area contributed by atoms with E-state index in [0.29, 0.717) is 18.2 Å². The van der Waals surface area contributed by atoms with E-state index in [-0.39, 0.29) is 5.56 Å². The lowest BCUT2D eigenvalue weighted by molar-refractivity contribution is -0.0740. The predicted octanol–water partition coefficient (Wildman–Crippen LogP) is 1.04. The molecule has 2 aromatic rings. The normalized spacial score (nSPS) is 25.9. The summed E-state index contributed by atoms with van der Waals surface area (Å²) in [6.07, 6.45) is 3.27. The van der Waals surface area contributed by atoms with Crippen LogP contribution in [-0.4, -0.2) is 38.1 Å². The second-order valence-electron chi connectivity index (χ2n) is 5.99. The Bertz CT molecular complexity index is 685. The molecule has 0 atom stereocenters. The zero-order valence-corrected chi connectivity index (χ0v) is 11.8. The van der Waals surface area contributed by atoms with Gasteiger partial charge in [0.1, 0.15) is 5.65 Å². The summed E-state index contributed by atoms with van der Waals surface area (Å²) in [5.41, 5.74) is 0.855. The van der Waals surface area contributed by atoms with Gasteiger partial charge in [-0.15, -0.1) is 0 Å². The summed E-state index contributed by atoms with van der Waals surface area (Å²) in [6, 6.07) is 7.47. The highest BCUT2D eigenvalue weighted by atomic mass is 16.3. The van der Waals surface area contributed by atoms with E-state index in [9.17, 15) is 9.90 Å². The van der Waals surface area contributed by atoms with Gasteiger partial charge in [-0.05, 0) is 38.9 Å². The number of aromatic nitrogens is 2. The average Bonchev–Trinajstić information content (AvgIpc) is 2.36. The van der Waals surface area contributed by atoms with E-state index >= 15 is 0 Å². The van der Waals surface area contributed by atoms with Crippen LogP contribution in [0.15, 0.2) is 35.3 Å². The van der Waals surface area contributed by atoms with Crippen molar-refractivity contribution in [1.82, 2.24) is 14.3 Å². The molecule has 5 heteroatoms. The van der Waals surface area contributed by atoms with Gasteiger partial charge in [-0.25, -0.2) is 4.98 Å². The quantitative estimate of drug-likeness (QED) is 0.908. The molecule has 2 aromatic heterocycles. The van der Waals surface area contributed by atoms with Crippen molar-refractivity contribution in [2.45, 2.75) is 38.0 Å². The Labute approximate surface area is 117 Å². The molecular formula is C15H19N3O2. The molecule has 0 bridgehead atoms. The van der Waals surface area contributed by atoms with Gasteiger partial charge in [-0.2, -0.15) is 0 Å². The van der Waals surface area contributed by atoms with Crippen LogP contribution in [0, 0.1) is 0 Å². The number of fused-ring (bicyclic) bond motifs is 1. The zero-order chi connectivity index (χ0) is 14.3. The van der Waals surface area contributed by atoms with Crippen molar-refractivity contribution in [1.29, 1.82) is 0 Å². The minimum Gasteiger partial charge on any atom is -0.390 e. The first kappa shape index (κ1) is 13.3. The minimum atomic E-state index is -0.532. The van der Waals surface area contributed by atoms with Crippen molar-refractivity contribution in [2.24, 2.45) is 0 Å². The Hall–Kier alpha value is -1.72. The number of pyridine rings is 1. The maximum Gasteiger partial charge on any atom is 0.258 e. The first-order chi connectivity index (χ1) is 9.44. The van der Waals surface area contributed by atoms with Gasteiger partial charge < -0.3 is 5.11 Å². The molecule has 0 unspecified atom stereocenters. The predicted molar refractivity (Wildman–Crippen MR) is 76.6 cm³/mol. The standard InChI is InChI=1S/C15H19N3O2/c1-15(20)8-12(9-15)17(2)10-11-7-14(19)18-6-4-3-5-13(18)16-11/h3-7,12,20H,8-10H2,1-2H3. The topological polar surface area (TPSA) is 57.8 Å². The Morgan fingerprint density at radius 1 is 1.50 bits per heavy atom. The lowest BCUT2D eigenvalue weighted by Crippen LogP contribution is -2.52. The molecule has 0 amide bonds. The van der Waals surface area contributed by atoms with Gasteiger partial charge in [-0.3, -0.25) is 14.1 Å². The summed E-state index contributed by atoms with van der Waals surface area (Å²) in [5, 5.41) is 9.79. The van der Waals surface area contributed by atoms with Gasteiger partial charge >= 0.3 is 0 Å². The number of hydrogen-bond donors (Lipinski definition) is 1. The van der Waals surface area contributed by atoms with Crippen molar-refractivity contribution in [3.05, 3.63) is 46.5 Å². The van der Waals surface area contributed by atoms with E-state index in [1.165, 1.54) is 4.40 Å². The molecule has 0 saturated heterocycles. The Kier molecular flexibility index (Phi) is 3.11. The molecule has 5 nitrogen and oxygen atoms in total. The van der Waals surface area contributed by atoms with Crippen molar-refractivity contribution in [3.8, 4) is 0 Å². The van der Waals surface area contributed by atoms with Gasteiger partial charge in [0.15, 0.2) is 0 Å². The summed E-state index contributed by atoms with van der Waals surface area (Å²) in [7, 11) is 2.01. The van der Waals surface area contributed by atoms with Crippen LogP contribution in [0.4, 0.5) is 0 Å². The van der Waals surface area contributed by atoms with Crippen LogP contribution in [0.1, 0.15) is 25.5 Å². The molecule has 0 radical (unpaired) electrons. The van der Waals surface area contributed by atoms with Crippen molar-refractivity contribution in [2.75, 3.05) is 7.05 Å². The van der Waals surface area contributed by atoms with Crippen LogP contribution in [0.2, 0.25) is 0 Å². The molecular weight excluding hydrogens is 254 g/mol. The van der Waals surface area contributed by atoms with Crippen LogP contribution >= 0.6 is 0 Å². The molecule has 1 saturated carbocycles. The molecule has 3 rings (SSSR count). The maximum absolute atomic E-state index is 12.0. The Morgan fingerprint density at radius 3 is 2.95 bits per heavy atom. The highest BCUT2D eigenvalue weighted by Crippen LogP contribution is 2.34. The van der Waals surface area contributed by atoms with E-state index in [1.807, 2.05) is 32.2 Å². The summed E-state index contributed by atoms with van der Waals surface area (Å²) in [5.74, 6) is 0. The molecule has 0 aliphatic heterocycles. The fraction of sp³-hybridized carbons (Fsp3) is 0.467. The first-order valence-electron chi connectivity index (χ1n) is 6.85. The second kappa shape index (κ2) is 4.68. The monoisotopic (exact) mass is 273 g/mol. The lowest BCUT2D eigenvalue weighted by Gasteiger charge is -2.45. The molecule has 1 fully saturated rings. The van der Waals surface area contributed by atoms with E-state index in [4.69, 9.17) is 0 Å². The molecule has 106 valence electrons. The largest absolute Gasteiger partial charge is 0.390 e. The molecule has 1 N–H and O–H groups in total. The summed E-state index contributed by atoms with van der Waals surface area (Å²) in [6.45, 7) is 2.49. The summed E-state index contributed by atoms with van der Waals surface area (Å²) in [4.78, 5) is 18.7. The Morgan fingerprint density at radius 2 is 2.25 bits per heavy atom. The average molecular weight is 273 g/mol. The third kappa shape index (κ3) is 2.46. The molecule has 0 spiro atoms. The summed E-state index contributed by atoms with van der Waals surface area (Å²) >= 11 is 0. The van der Waals surface area contributed by atoms with Crippen molar-refractivity contribution >= 4 is 5.65 Å². The first-order valence-corrected chi connectivity index (χ1v) is 6.85. The third-order valence-electron chi connectivity index (χ3n) is 4.01. The van der Waals surface area contributed by atoms with Crippen LogP contribution in [-0.2, 0) is 6.54 Å². The third-order valence-corrected chi connectivity index (χ3v) is 4.01. The van der Waals surface area contributed by atoms with Gasteiger partial charge in [0.25, 0.3) is 5.56 Å². The van der Waals surface area contributed by atoms with Gasteiger partial charge in [-0.1, -0.05) is 6.07 Å². The maximum atomic E-state index is 12.0. The van der Waals surface area contributed by atoms with E-state index in [1.54, 1.807) is 12.3 Å². The smallest absolute Gasteiger partial charge is 0.258 e. The minimum absolute atomic E-state index is 0.0559. The van der Waals surface area contributed by atoms with E-state index in [2.05, 4.69) is 9.88 Å². The molecule has 1 aliphatic carbocycles. The fourth-order valence-corrected chi connectivity index (χ4v) is 2.84. The van der Waals surface area contributed by atoms with Crippen LogP contribution in [0.3, 0.4) is 0 Å². The van der Waals surface area contributed by atoms with Gasteiger partial charge in [0.05, 0.1) is 11.3 Å². The van der Waals surface area contributed by atoms with Gasteiger partial charge in [0.2, 0.25) is 0 Å². The molecule has 0 aromatic carbocycles. The van der Waals surface area contributed by atoms with Crippen LogP contribution in [0.5, 0.6) is 0 Å². The van der Waals surface area contributed by atoms with Crippen molar-refractivity contribution in [3.63, 3.8) is 0 Å². The molecule has 2 heterocycles.